The van der Waals surface area contributed by atoms with Crippen LogP contribution < -0.4 is 5.73 Å². The molecule has 1 atom stereocenters. The molecule has 0 aromatic heterocycles. The van der Waals surface area contributed by atoms with Crippen LogP contribution >= 0.6 is 0 Å². The maximum Gasteiger partial charge on any atom is 0.115 e. The van der Waals surface area contributed by atoms with Crippen LogP contribution in [-0.4, -0.2) is 11.7 Å². The third kappa shape index (κ3) is 2.90. The molecule has 0 radical (unpaired) electrons. The number of aromatic hydroxyl groups is 1. The van der Waals surface area contributed by atoms with Crippen LogP contribution in [0.2, 0.25) is 0 Å². The van der Waals surface area contributed by atoms with Gasteiger partial charge >= 0.3 is 0 Å². The number of aryl methyl sites for hydroxylation is 1. The van der Waals surface area contributed by atoms with E-state index in [9.17, 15) is 5.11 Å². The summed E-state index contributed by atoms with van der Waals surface area (Å²) in [6, 6.07) is 15.7. The van der Waals surface area contributed by atoms with Crippen LogP contribution in [0.25, 0.3) is 0 Å². The average Bonchev–Trinajstić information content (AvgIpc) is 2.37. The smallest absolute Gasteiger partial charge is 0.115 e. The predicted molar refractivity (Wildman–Crippen MR) is 74.8 cm³/mol. The highest BCUT2D eigenvalue weighted by Gasteiger charge is 2.12. The van der Waals surface area contributed by atoms with Gasteiger partial charge in [0.2, 0.25) is 0 Å². The molecule has 2 aromatic rings. The lowest BCUT2D eigenvalue weighted by Gasteiger charge is -2.17. The van der Waals surface area contributed by atoms with E-state index < -0.39 is 0 Å². The number of benzene rings is 2. The van der Waals surface area contributed by atoms with Crippen molar-refractivity contribution in [3.63, 3.8) is 0 Å². The Bertz CT molecular complexity index is 522. The van der Waals surface area contributed by atoms with Crippen molar-refractivity contribution in [3.05, 3.63) is 65.2 Å². The van der Waals surface area contributed by atoms with Gasteiger partial charge in [-0.3, -0.25) is 0 Å². The van der Waals surface area contributed by atoms with Crippen LogP contribution in [0.3, 0.4) is 0 Å². The van der Waals surface area contributed by atoms with Crippen LogP contribution in [0.5, 0.6) is 5.75 Å². The molecule has 94 valence electrons. The van der Waals surface area contributed by atoms with Gasteiger partial charge in [0.15, 0.2) is 0 Å². The van der Waals surface area contributed by atoms with E-state index in [1.54, 1.807) is 12.1 Å². The molecule has 3 N–H and O–H groups in total. The number of hydrogen-bond acceptors (Lipinski definition) is 2. The van der Waals surface area contributed by atoms with Gasteiger partial charge in [0.25, 0.3) is 0 Å². The van der Waals surface area contributed by atoms with Gasteiger partial charge in [0, 0.05) is 5.92 Å². The zero-order chi connectivity index (χ0) is 13.0. The second-order valence-corrected chi connectivity index (χ2v) is 4.66. The summed E-state index contributed by atoms with van der Waals surface area (Å²) in [6.45, 7) is 2.72. The third-order valence-electron chi connectivity index (χ3n) is 3.31. The first-order valence-electron chi connectivity index (χ1n) is 6.24. The van der Waals surface area contributed by atoms with E-state index in [0.717, 1.165) is 12.0 Å². The van der Waals surface area contributed by atoms with Gasteiger partial charge in [-0.1, -0.05) is 36.4 Å². The van der Waals surface area contributed by atoms with Crippen molar-refractivity contribution in [2.75, 3.05) is 6.54 Å². The minimum atomic E-state index is 0.299. The molecule has 0 amide bonds. The largest absolute Gasteiger partial charge is 0.508 e. The van der Waals surface area contributed by atoms with Crippen LogP contribution in [0.15, 0.2) is 48.5 Å². The fourth-order valence-corrected chi connectivity index (χ4v) is 2.33. The zero-order valence-electron chi connectivity index (χ0n) is 10.6. The second kappa shape index (κ2) is 5.69. The van der Waals surface area contributed by atoms with Crippen molar-refractivity contribution in [2.45, 2.75) is 19.3 Å². The fourth-order valence-electron chi connectivity index (χ4n) is 2.33. The lowest BCUT2D eigenvalue weighted by Crippen LogP contribution is -2.16. The van der Waals surface area contributed by atoms with Gasteiger partial charge in [0.05, 0.1) is 0 Å². The van der Waals surface area contributed by atoms with Gasteiger partial charge < -0.3 is 10.8 Å². The lowest BCUT2D eigenvalue weighted by atomic mass is 9.89. The fraction of sp³-hybridized carbons (Fsp3) is 0.250. The first-order chi connectivity index (χ1) is 8.70. The maximum atomic E-state index is 9.49. The van der Waals surface area contributed by atoms with E-state index in [1.165, 1.54) is 11.1 Å². The molecule has 1 unspecified atom stereocenters. The summed E-state index contributed by atoms with van der Waals surface area (Å²) in [5.74, 6) is 0.612. The number of phenolic OH excluding ortho intramolecular Hbond substituents is 1. The van der Waals surface area contributed by atoms with Crippen LogP contribution in [0.4, 0.5) is 0 Å². The minimum absolute atomic E-state index is 0.299. The standard InChI is InChI=1S/C16H19NO/c1-12-5-2-3-8-16(12)14(11-17)9-13-6-4-7-15(18)10-13/h2-8,10,14,18H,9,11,17H2,1H3. The molecule has 2 aromatic carbocycles. The average molecular weight is 241 g/mol. The summed E-state index contributed by atoms with van der Waals surface area (Å²) in [6.07, 6.45) is 0.857. The molecule has 2 rings (SSSR count). The molecule has 0 aliphatic rings. The van der Waals surface area contributed by atoms with Gasteiger partial charge in [-0.25, -0.2) is 0 Å². The zero-order valence-corrected chi connectivity index (χ0v) is 10.6. The number of nitrogens with two attached hydrogens (primary N) is 1. The van der Waals surface area contributed by atoms with Crippen molar-refractivity contribution in [1.29, 1.82) is 0 Å². The van der Waals surface area contributed by atoms with Gasteiger partial charge in [-0.05, 0) is 48.7 Å². The molecular weight excluding hydrogens is 222 g/mol. The Labute approximate surface area is 108 Å². The van der Waals surface area contributed by atoms with E-state index in [-0.39, 0.29) is 0 Å². The van der Waals surface area contributed by atoms with Crippen molar-refractivity contribution < 1.29 is 5.11 Å². The molecule has 0 bridgehead atoms. The Kier molecular flexibility index (Phi) is 4.00. The van der Waals surface area contributed by atoms with Gasteiger partial charge in [-0.2, -0.15) is 0 Å². The van der Waals surface area contributed by atoms with Crippen molar-refractivity contribution in [3.8, 4) is 5.75 Å². The quantitative estimate of drug-likeness (QED) is 0.864. The van der Waals surface area contributed by atoms with Gasteiger partial charge in [-0.15, -0.1) is 0 Å². The molecule has 0 spiro atoms. The van der Waals surface area contributed by atoms with Gasteiger partial charge in [0.1, 0.15) is 5.75 Å². The van der Waals surface area contributed by atoms with E-state index in [2.05, 4.69) is 19.1 Å². The summed E-state index contributed by atoms with van der Waals surface area (Å²) in [5.41, 5.74) is 9.58. The highest BCUT2D eigenvalue weighted by molar-refractivity contribution is 5.33. The Hall–Kier alpha value is -1.80. The van der Waals surface area contributed by atoms with Crippen molar-refractivity contribution in [2.24, 2.45) is 5.73 Å². The molecule has 0 saturated carbocycles. The Morgan fingerprint density at radius 1 is 1.11 bits per heavy atom. The Morgan fingerprint density at radius 2 is 1.89 bits per heavy atom. The normalized spacial score (nSPS) is 12.3. The molecule has 2 heteroatoms. The van der Waals surface area contributed by atoms with Crippen molar-refractivity contribution in [1.82, 2.24) is 0 Å². The molecule has 0 fully saturated rings. The summed E-state index contributed by atoms with van der Waals surface area (Å²) in [7, 11) is 0. The minimum Gasteiger partial charge on any atom is -0.508 e. The van der Waals surface area contributed by atoms with E-state index in [4.69, 9.17) is 5.73 Å². The third-order valence-corrected chi connectivity index (χ3v) is 3.31. The van der Waals surface area contributed by atoms with E-state index in [0.29, 0.717) is 18.2 Å². The topological polar surface area (TPSA) is 46.2 Å². The summed E-state index contributed by atoms with van der Waals surface area (Å²) < 4.78 is 0. The summed E-state index contributed by atoms with van der Waals surface area (Å²) >= 11 is 0. The first kappa shape index (κ1) is 12.7. The SMILES string of the molecule is Cc1ccccc1C(CN)Cc1cccc(O)c1. The molecule has 18 heavy (non-hydrogen) atoms. The van der Waals surface area contributed by atoms with E-state index >= 15 is 0 Å². The van der Waals surface area contributed by atoms with Crippen LogP contribution in [0, 0.1) is 6.92 Å². The van der Waals surface area contributed by atoms with E-state index in [1.807, 2.05) is 24.3 Å². The molecule has 0 saturated heterocycles. The first-order valence-corrected chi connectivity index (χ1v) is 6.24. The molecule has 2 nitrogen and oxygen atoms in total. The maximum absolute atomic E-state index is 9.49. The monoisotopic (exact) mass is 241 g/mol. The highest BCUT2D eigenvalue weighted by atomic mass is 16.3. The molecule has 0 aliphatic heterocycles. The molecule has 0 aliphatic carbocycles. The predicted octanol–water partition coefficient (Wildman–Crippen LogP) is 2.99. The number of phenols is 1. The highest BCUT2D eigenvalue weighted by Crippen LogP contribution is 2.24. The lowest BCUT2D eigenvalue weighted by molar-refractivity contribution is 0.474. The number of hydrogen-bond donors (Lipinski definition) is 2. The van der Waals surface area contributed by atoms with Crippen LogP contribution in [0.1, 0.15) is 22.6 Å². The second-order valence-electron chi connectivity index (χ2n) is 4.66. The summed E-state index contributed by atoms with van der Waals surface area (Å²) in [4.78, 5) is 0. The Balaban J connectivity index is 2.23. The number of rotatable bonds is 4. The summed E-state index contributed by atoms with van der Waals surface area (Å²) in [5, 5.41) is 9.49. The van der Waals surface area contributed by atoms with Crippen molar-refractivity contribution >= 4 is 0 Å². The molecular formula is C16H19NO. The Morgan fingerprint density at radius 3 is 2.56 bits per heavy atom. The molecule has 0 heterocycles. The van der Waals surface area contributed by atoms with Crippen LogP contribution in [-0.2, 0) is 6.42 Å².